The van der Waals surface area contributed by atoms with Crippen LogP contribution in [0.1, 0.15) is 6.92 Å². The lowest BCUT2D eigenvalue weighted by atomic mass is 10.2. The van der Waals surface area contributed by atoms with Crippen molar-refractivity contribution in [2.24, 2.45) is 0 Å². The van der Waals surface area contributed by atoms with Crippen molar-refractivity contribution in [2.45, 2.75) is 6.92 Å². The Labute approximate surface area is 131 Å². The van der Waals surface area contributed by atoms with Gasteiger partial charge in [-0.15, -0.1) is 0 Å². The molecule has 8 heteroatoms. The highest BCUT2D eigenvalue weighted by Gasteiger charge is 2.08. The number of non-ortho nitro benzene ring substituents is 1. The van der Waals surface area contributed by atoms with Crippen molar-refractivity contribution in [1.82, 2.24) is 0 Å². The molecule has 0 bridgehead atoms. The Morgan fingerprint density at radius 1 is 0.913 bits per heavy atom. The number of carbonyl (C=O) groups is 2. The van der Waals surface area contributed by atoms with Gasteiger partial charge in [-0.1, -0.05) is 12.1 Å². The Hall–Kier alpha value is -3.42. The number of rotatable bonds is 4. The maximum absolute atomic E-state index is 11.9. The number of hydrogen-bond donors (Lipinski definition) is 3. The normalized spacial score (nSPS) is 9.78. The second-order valence-corrected chi connectivity index (χ2v) is 4.65. The van der Waals surface area contributed by atoms with E-state index in [1.807, 2.05) is 0 Å². The molecule has 0 aromatic heterocycles. The molecule has 0 heterocycles. The Morgan fingerprint density at radius 2 is 1.43 bits per heavy atom. The fourth-order valence-corrected chi connectivity index (χ4v) is 1.87. The van der Waals surface area contributed by atoms with Crippen molar-refractivity contribution in [3.8, 4) is 0 Å². The van der Waals surface area contributed by atoms with Gasteiger partial charge in [0, 0.05) is 36.1 Å². The van der Waals surface area contributed by atoms with Crippen LogP contribution in [0.4, 0.5) is 27.5 Å². The van der Waals surface area contributed by atoms with Gasteiger partial charge < -0.3 is 16.0 Å². The average Bonchev–Trinajstić information content (AvgIpc) is 2.47. The first-order chi connectivity index (χ1) is 10.9. The largest absolute Gasteiger partial charge is 0.326 e. The average molecular weight is 314 g/mol. The van der Waals surface area contributed by atoms with E-state index in [2.05, 4.69) is 16.0 Å². The van der Waals surface area contributed by atoms with Gasteiger partial charge in [-0.2, -0.15) is 0 Å². The summed E-state index contributed by atoms with van der Waals surface area (Å²) in [5.74, 6) is -0.219. The molecular weight excluding hydrogens is 300 g/mol. The molecule has 3 N–H and O–H groups in total. The van der Waals surface area contributed by atoms with Gasteiger partial charge in [-0.05, 0) is 24.3 Å². The number of nitro benzene ring substituents is 1. The number of urea groups is 1. The van der Waals surface area contributed by atoms with Crippen LogP contribution in [0.15, 0.2) is 48.5 Å². The molecule has 0 unspecified atom stereocenters. The summed E-state index contributed by atoms with van der Waals surface area (Å²) >= 11 is 0. The molecular formula is C15H14N4O4. The quantitative estimate of drug-likeness (QED) is 0.594. The molecule has 8 nitrogen and oxygen atoms in total. The van der Waals surface area contributed by atoms with Gasteiger partial charge in [-0.25, -0.2) is 4.79 Å². The number of nitrogens with zero attached hydrogens (tertiary/aromatic N) is 1. The zero-order valence-corrected chi connectivity index (χ0v) is 12.2. The zero-order valence-electron chi connectivity index (χ0n) is 12.2. The molecule has 23 heavy (non-hydrogen) atoms. The van der Waals surface area contributed by atoms with Gasteiger partial charge in [0.1, 0.15) is 0 Å². The van der Waals surface area contributed by atoms with Crippen molar-refractivity contribution in [1.29, 1.82) is 0 Å². The van der Waals surface area contributed by atoms with E-state index in [-0.39, 0.29) is 11.6 Å². The minimum Gasteiger partial charge on any atom is -0.326 e. The van der Waals surface area contributed by atoms with Crippen molar-refractivity contribution in [3.63, 3.8) is 0 Å². The molecule has 0 saturated heterocycles. The van der Waals surface area contributed by atoms with Crippen LogP contribution in [-0.4, -0.2) is 16.9 Å². The third kappa shape index (κ3) is 4.81. The maximum atomic E-state index is 11.9. The highest BCUT2D eigenvalue weighted by molar-refractivity contribution is 6.00. The van der Waals surface area contributed by atoms with Crippen LogP contribution < -0.4 is 16.0 Å². The monoisotopic (exact) mass is 314 g/mol. The molecule has 3 amide bonds. The Morgan fingerprint density at radius 3 is 2.00 bits per heavy atom. The second-order valence-electron chi connectivity index (χ2n) is 4.65. The van der Waals surface area contributed by atoms with Gasteiger partial charge in [0.2, 0.25) is 5.91 Å². The molecule has 2 rings (SSSR count). The van der Waals surface area contributed by atoms with Crippen LogP contribution in [0, 0.1) is 10.1 Å². The SMILES string of the molecule is CC(=O)Nc1cccc(NC(=O)Nc2cccc([N+](=O)[O-])c2)c1. The van der Waals surface area contributed by atoms with E-state index < -0.39 is 11.0 Å². The summed E-state index contributed by atoms with van der Waals surface area (Å²) < 4.78 is 0. The lowest BCUT2D eigenvalue weighted by molar-refractivity contribution is -0.384. The summed E-state index contributed by atoms with van der Waals surface area (Å²) in [4.78, 5) is 33.1. The number of carbonyl (C=O) groups excluding carboxylic acids is 2. The molecule has 0 aliphatic carbocycles. The Kier molecular flexibility index (Phi) is 4.88. The molecule has 0 atom stereocenters. The number of amides is 3. The van der Waals surface area contributed by atoms with Crippen LogP contribution in [0.3, 0.4) is 0 Å². The summed E-state index contributed by atoms with van der Waals surface area (Å²) in [7, 11) is 0. The van der Waals surface area contributed by atoms with Crippen LogP contribution in [-0.2, 0) is 4.79 Å². The van der Waals surface area contributed by atoms with E-state index in [1.54, 1.807) is 30.3 Å². The van der Waals surface area contributed by atoms with Crippen molar-refractivity contribution in [3.05, 3.63) is 58.6 Å². The zero-order chi connectivity index (χ0) is 16.8. The summed E-state index contributed by atoms with van der Waals surface area (Å²) in [6.07, 6.45) is 0. The van der Waals surface area contributed by atoms with E-state index >= 15 is 0 Å². The molecule has 118 valence electrons. The first-order valence-corrected chi connectivity index (χ1v) is 6.64. The van der Waals surface area contributed by atoms with Gasteiger partial charge in [0.15, 0.2) is 0 Å². The summed E-state index contributed by atoms with van der Waals surface area (Å²) in [6.45, 7) is 1.38. The number of hydrogen-bond acceptors (Lipinski definition) is 4. The molecule has 0 spiro atoms. The van der Waals surface area contributed by atoms with Gasteiger partial charge in [0.05, 0.1) is 4.92 Å². The van der Waals surface area contributed by atoms with E-state index in [0.29, 0.717) is 17.1 Å². The smallest absolute Gasteiger partial charge is 0.323 e. The van der Waals surface area contributed by atoms with E-state index in [4.69, 9.17) is 0 Å². The van der Waals surface area contributed by atoms with Crippen LogP contribution in [0.5, 0.6) is 0 Å². The second kappa shape index (κ2) is 7.03. The van der Waals surface area contributed by atoms with E-state index in [9.17, 15) is 19.7 Å². The lowest BCUT2D eigenvalue weighted by Crippen LogP contribution is -2.19. The first kappa shape index (κ1) is 16.0. The third-order valence-electron chi connectivity index (χ3n) is 2.76. The van der Waals surface area contributed by atoms with E-state index in [1.165, 1.54) is 25.1 Å². The minimum atomic E-state index is -0.550. The number of nitro groups is 1. The van der Waals surface area contributed by atoms with Crippen LogP contribution in [0.2, 0.25) is 0 Å². The third-order valence-corrected chi connectivity index (χ3v) is 2.76. The van der Waals surface area contributed by atoms with Crippen LogP contribution in [0.25, 0.3) is 0 Å². The molecule has 0 aliphatic heterocycles. The van der Waals surface area contributed by atoms with Gasteiger partial charge in [-0.3, -0.25) is 14.9 Å². The van der Waals surface area contributed by atoms with E-state index in [0.717, 1.165) is 0 Å². The molecule has 2 aromatic rings. The van der Waals surface area contributed by atoms with Crippen molar-refractivity contribution >= 4 is 34.7 Å². The van der Waals surface area contributed by atoms with Crippen molar-refractivity contribution < 1.29 is 14.5 Å². The van der Waals surface area contributed by atoms with Gasteiger partial charge in [0.25, 0.3) is 5.69 Å². The Balaban J connectivity index is 2.03. The minimum absolute atomic E-state index is 0.115. The molecule has 0 saturated carbocycles. The topological polar surface area (TPSA) is 113 Å². The molecule has 0 aliphatic rings. The number of nitrogens with one attached hydrogen (secondary N) is 3. The lowest BCUT2D eigenvalue weighted by Gasteiger charge is -2.09. The van der Waals surface area contributed by atoms with Crippen molar-refractivity contribution in [2.75, 3.05) is 16.0 Å². The number of benzene rings is 2. The fraction of sp³-hybridized carbons (Fsp3) is 0.0667. The first-order valence-electron chi connectivity index (χ1n) is 6.64. The highest BCUT2D eigenvalue weighted by atomic mass is 16.6. The van der Waals surface area contributed by atoms with Gasteiger partial charge >= 0.3 is 6.03 Å². The summed E-state index contributed by atoms with van der Waals surface area (Å²) in [6, 6.07) is 11.7. The fourth-order valence-electron chi connectivity index (χ4n) is 1.87. The predicted octanol–water partition coefficient (Wildman–Crippen LogP) is 3.20. The Bertz CT molecular complexity index is 761. The summed E-state index contributed by atoms with van der Waals surface area (Å²) in [5.41, 5.74) is 1.20. The molecule has 0 fully saturated rings. The van der Waals surface area contributed by atoms with Crippen LogP contribution >= 0.6 is 0 Å². The standard InChI is InChI=1S/C15H14N4O4/c1-10(20)16-11-4-2-5-12(8-11)17-15(21)18-13-6-3-7-14(9-13)19(22)23/h2-9H,1H3,(H,16,20)(H2,17,18,21). The molecule has 0 radical (unpaired) electrons. The highest BCUT2D eigenvalue weighted by Crippen LogP contribution is 2.18. The summed E-state index contributed by atoms with van der Waals surface area (Å²) in [5, 5.41) is 18.4. The predicted molar refractivity (Wildman–Crippen MR) is 86.5 cm³/mol. The molecule has 2 aromatic carbocycles. The maximum Gasteiger partial charge on any atom is 0.323 e. The number of anilines is 3.